The highest BCUT2D eigenvalue weighted by molar-refractivity contribution is 7.89. The molecule has 0 bridgehead atoms. The number of sulfonamides is 1. The van der Waals surface area contributed by atoms with Crippen molar-refractivity contribution in [3.63, 3.8) is 0 Å². The van der Waals surface area contributed by atoms with Gasteiger partial charge in [-0.25, -0.2) is 13.2 Å². The van der Waals surface area contributed by atoms with E-state index in [1.165, 1.54) is 10.4 Å². The van der Waals surface area contributed by atoms with Gasteiger partial charge < -0.3 is 14.2 Å². The number of morpholine rings is 1. The second kappa shape index (κ2) is 9.32. The zero-order chi connectivity index (χ0) is 21.0. The summed E-state index contributed by atoms with van der Waals surface area (Å²) in [7, 11) is -2.34. The van der Waals surface area contributed by atoms with Crippen LogP contribution in [0, 0.1) is 0 Å². The van der Waals surface area contributed by atoms with Crippen LogP contribution in [0.3, 0.4) is 0 Å². The van der Waals surface area contributed by atoms with E-state index in [4.69, 9.17) is 37.4 Å². The molecule has 1 aliphatic rings. The van der Waals surface area contributed by atoms with Crippen LogP contribution in [-0.2, 0) is 26.1 Å². The minimum Gasteiger partial charge on any atom is -0.497 e. The second-order valence-corrected chi connectivity index (χ2v) is 8.92. The van der Waals surface area contributed by atoms with Gasteiger partial charge in [0.05, 0.1) is 35.9 Å². The molecule has 3 rings (SSSR count). The summed E-state index contributed by atoms with van der Waals surface area (Å²) in [6.07, 6.45) is 0. The number of methoxy groups -OCH3 is 1. The molecule has 10 heteroatoms. The lowest BCUT2D eigenvalue weighted by Gasteiger charge is -2.26. The van der Waals surface area contributed by atoms with Crippen molar-refractivity contribution in [2.45, 2.75) is 11.5 Å². The van der Waals surface area contributed by atoms with E-state index in [2.05, 4.69) is 0 Å². The highest BCUT2D eigenvalue weighted by atomic mass is 35.5. The van der Waals surface area contributed by atoms with Crippen molar-refractivity contribution < 1.29 is 27.4 Å². The Balaban J connectivity index is 1.81. The molecule has 0 atom stereocenters. The van der Waals surface area contributed by atoms with Gasteiger partial charge in [0.1, 0.15) is 17.3 Å². The number of carbonyl (C=O) groups excluding carboxylic acids is 1. The minimum atomic E-state index is -3.90. The topological polar surface area (TPSA) is 82.1 Å². The Kier molecular flexibility index (Phi) is 7.02. The van der Waals surface area contributed by atoms with E-state index in [-0.39, 0.29) is 40.2 Å². The lowest BCUT2D eigenvalue weighted by molar-refractivity contribution is 0.0472. The van der Waals surface area contributed by atoms with Gasteiger partial charge in [0.25, 0.3) is 0 Å². The lowest BCUT2D eigenvalue weighted by Crippen LogP contribution is -2.40. The van der Waals surface area contributed by atoms with Crippen LogP contribution in [0.25, 0.3) is 0 Å². The molecule has 0 spiro atoms. The predicted octanol–water partition coefficient (Wildman–Crippen LogP) is 3.38. The number of nitrogens with zero attached hydrogens (tertiary/aromatic N) is 1. The Bertz CT molecular complexity index is 989. The van der Waals surface area contributed by atoms with Gasteiger partial charge in [-0.05, 0) is 29.8 Å². The summed E-state index contributed by atoms with van der Waals surface area (Å²) >= 11 is 12.2. The van der Waals surface area contributed by atoms with Crippen LogP contribution in [0.5, 0.6) is 5.75 Å². The third kappa shape index (κ3) is 5.02. The first-order chi connectivity index (χ1) is 13.8. The van der Waals surface area contributed by atoms with E-state index in [9.17, 15) is 13.2 Å². The Morgan fingerprint density at radius 1 is 1.10 bits per heavy atom. The van der Waals surface area contributed by atoms with Crippen molar-refractivity contribution in [1.29, 1.82) is 0 Å². The number of carbonyl (C=O) groups is 1. The van der Waals surface area contributed by atoms with Crippen molar-refractivity contribution >= 4 is 39.2 Å². The summed E-state index contributed by atoms with van der Waals surface area (Å²) < 4.78 is 42.6. The van der Waals surface area contributed by atoms with Crippen LogP contribution in [0.15, 0.2) is 41.3 Å². The first-order valence-electron chi connectivity index (χ1n) is 8.70. The molecule has 0 aliphatic carbocycles. The second-order valence-electron chi connectivity index (χ2n) is 6.20. The molecular formula is C19H19Cl2NO6S. The van der Waals surface area contributed by atoms with Crippen LogP contribution >= 0.6 is 23.2 Å². The predicted molar refractivity (Wildman–Crippen MR) is 108 cm³/mol. The molecule has 1 aliphatic heterocycles. The fraction of sp³-hybridized carbons (Fsp3) is 0.316. The van der Waals surface area contributed by atoms with Gasteiger partial charge in [-0.3, -0.25) is 0 Å². The number of hydrogen-bond acceptors (Lipinski definition) is 6. The maximum absolute atomic E-state index is 12.9. The number of rotatable bonds is 6. The van der Waals surface area contributed by atoms with Gasteiger partial charge in [-0.15, -0.1) is 0 Å². The van der Waals surface area contributed by atoms with Gasteiger partial charge in [-0.2, -0.15) is 4.31 Å². The molecule has 7 nitrogen and oxygen atoms in total. The van der Waals surface area contributed by atoms with Crippen molar-refractivity contribution in [2.24, 2.45) is 0 Å². The van der Waals surface area contributed by atoms with E-state index in [1.807, 2.05) is 0 Å². The Labute approximate surface area is 179 Å². The maximum atomic E-state index is 12.9. The number of hydrogen-bond donors (Lipinski definition) is 0. The molecule has 0 N–H and O–H groups in total. The van der Waals surface area contributed by atoms with Gasteiger partial charge in [0.2, 0.25) is 10.0 Å². The molecule has 1 fully saturated rings. The largest absolute Gasteiger partial charge is 0.497 e. The van der Waals surface area contributed by atoms with Gasteiger partial charge in [0, 0.05) is 13.1 Å². The monoisotopic (exact) mass is 459 g/mol. The van der Waals surface area contributed by atoms with Crippen molar-refractivity contribution in [3.05, 3.63) is 57.6 Å². The summed E-state index contributed by atoms with van der Waals surface area (Å²) in [5.41, 5.74) is 0.668. The van der Waals surface area contributed by atoms with Crippen LogP contribution in [0.2, 0.25) is 10.0 Å². The molecule has 2 aromatic rings. The van der Waals surface area contributed by atoms with E-state index in [1.54, 1.807) is 31.4 Å². The Morgan fingerprint density at radius 2 is 1.76 bits per heavy atom. The quantitative estimate of drug-likeness (QED) is 0.615. The SMILES string of the molecule is COc1ccc(COC(=O)c2cc(S(=O)(=O)N3CCOCC3)c(Cl)cc2Cl)cc1. The van der Waals surface area contributed by atoms with Crippen molar-refractivity contribution in [2.75, 3.05) is 33.4 Å². The van der Waals surface area contributed by atoms with Crippen molar-refractivity contribution in [3.8, 4) is 5.75 Å². The van der Waals surface area contributed by atoms with Crippen LogP contribution in [0.1, 0.15) is 15.9 Å². The summed E-state index contributed by atoms with van der Waals surface area (Å²) in [6.45, 7) is 0.993. The smallest absolute Gasteiger partial charge is 0.340 e. The molecule has 156 valence electrons. The average molecular weight is 460 g/mol. The zero-order valence-electron chi connectivity index (χ0n) is 15.6. The molecule has 29 heavy (non-hydrogen) atoms. The first-order valence-corrected chi connectivity index (χ1v) is 10.9. The molecule has 2 aromatic carbocycles. The number of ether oxygens (including phenoxy) is 3. The summed E-state index contributed by atoms with van der Waals surface area (Å²) in [4.78, 5) is 12.3. The Hall–Kier alpha value is -1.84. The van der Waals surface area contributed by atoms with Crippen LogP contribution in [-0.4, -0.2) is 52.1 Å². The van der Waals surface area contributed by atoms with Gasteiger partial charge >= 0.3 is 5.97 Å². The van der Waals surface area contributed by atoms with E-state index in [0.717, 1.165) is 11.6 Å². The van der Waals surface area contributed by atoms with E-state index < -0.39 is 16.0 Å². The normalized spacial score (nSPS) is 15.1. The third-order valence-corrected chi connectivity index (χ3v) is 7.03. The molecule has 0 saturated carbocycles. The number of benzene rings is 2. The molecule has 1 heterocycles. The third-order valence-electron chi connectivity index (χ3n) is 4.36. The summed E-state index contributed by atoms with van der Waals surface area (Å²) in [6, 6.07) is 9.39. The molecule has 0 radical (unpaired) electrons. The van der Waals surface area contributed by atoms with Crippen LogP contribution < -0.4 is 4.74 Å². The fourth-order valence-electron chi connectivity index (χ4n) is 2.76. The van der Waals surface area contributed by atoms with Crippen LogP contribution in [0.4, 0.5) is 0 Å². The maximum Gasteiger partial charge on any atom is 0.340 e. The molecule has 0 amide bonds. The highest BCUT2D eigenvalue weighted by Crippen LogP contribution is 2.31. The Morgan fingerprint density at radius 3 is 2.38 bits per heavy atom. The van der Waals surface area contributed by atoms with Gasteiger partial charge in [0.15, 0.2) is 0 Å². The van der Waals surface area contributed by atoms with Crippen molar-refractivity contribution in [1.82, 2.24) is 4.31 Å². The molecule has 0 aromatic heterocycles. The van der Waals surface area contributed by atoms with E-state index >= 15 is 0 Å². The fourth-order valence-corrected chi connectivity index (χ4v) is 4.99. The van der Waals surface area contributed by atoms with E-state index in [0.29, 0.717) is 19.0 Å². The number of esters is 1. The molecule has 0 unspecified atom stereocenters. The standard InChI is InChI=1S/C19H19Cl2NO6S/c1-26-14-4-2-13(3-5-14)12-28-19(23)15-10-18(17(21)11-16(15)20)29(24,25)22-6-8-27-9-7-22/h2-5,10-11H,6-9,12H2,1H3. The highest BCUT2D eigenvalue weighted by Gasteiger charge is 2.30. The zero-order valence-corrected chi connectivity index (χ0v) is 17.9. The minimum absolute atomic E-state index is 0.00662. The first kappa shape index (κ1) is 21.9. The molecule has 1 saturated heterocycles. The summed E-state index contributed by atoms with van der Waals surface area (Å²) in [5, 5.41) is -0.0520. The van der Waals surface area contributed by atoms with Gasteiger partial charge in [-0.1, -0.05) is 35.3 Å². The average Bonchev–Trinajstić information content (AvgIpc) is 2.73. The number of halogens is 2. The lowest BCUT2D eigenvalue weighted by atomic mass is 10.2. The summed E-state index contributed by atoms with van der Waals surface area (Å²) in [5.74, 6) is -0.0697. The molecular weight excluding hydrogens is 441 g/mol.